The molecule has 1 amide bonds. The molecule has 5 rings (SSSR count). The average Bonchev–Trinajstić information content (AvgIpc) is 2.97. The monoisotopic (exact) mass is 643 g/mol. The number of carbonyl (C=O) groups is 1. The van der Waals surface area contributed by atoms with E-state index >= 15 is 0 Å². The second-order valence-corrected chi connectivity index (χ2v) is 11.9. The van der Waals surface area contributed by atoms with Crippen LogP contribution in [-0.4, -0.2) is 68.7 Å². The van der Waals surface area contributed by atoms with Crippen molar-refractivity contribution in [2.24, 2.45) is 7.05 Å². The van der Waals surface area contributed by atoms with Crippen molar-refractivity contribution in [1.82, 2.24) is 29.1 Å². The summed E-state index contributed by atoms with van der Waals surface area (Å²) in [4.78, 5) is 41.2. The first-order valence-electron chi connectivity index (χ1n) is 13.8. The highest BCUT2D eigenvalue weighted by Gasteiger charge is 2.45. The predicted molar refractivity (Wildman–Crippen MR) is 169 cm³/mol. The number of aryl methyl sites for hydroxylation is 1. The van der Waals surface area contributed by atoms with Gasteiger partial charge in [0.1, 0.15) is 11.0 Å². The molecule has 0 saturated carbocycles. The van der Waals surface area contributed by atoms with Gasteiger partial charge in [0, 0.05) is 49.7 Å². The number of nitrogens with zero attached hydrogens (tertiary/aromatic N) is 5. The molecule has 0 spiro atoms. The number of anilines is 1. The fraction of sp³-hybridized carbons (Fsp3) is 0.367. The summed E-state index contributed by atoms with van der Waals surface area (Å²) in [7, 11) is 3.27. The first-order valence-corrected chi connectivity index (χ1v) is 15.5. The summed E-state index contributed by atoms with van der Waals surface area (Å²) in [6.45, 7) is 3.90. The molecule has 0 bridgehead atoms. The minimum Gasteiger partial charge on any atom is -0.468 e. The van der Waals surface area contributed by atoms with Gasteiger partial charge in [0.15, 0.2) is 11.8 Å². The van der Waals surface area contributed by atoms with Crippen molar-refractivity contribution < 1.29 is 18.3 Å². The van der Waals surface area contributed by atoms with Gasteiger partial charge < -0.3 is 15.0 Å². The fourth-order valence-corrected chi connectivity index (χ4v) is 5.71. The van der Waals surface area contributed by atoms with Crippen LogP contribution in [0.15, 0.2) is 47.4 Å². The van der Waals surface area contributed by atoms with Crippen LogP contribution in [-0.2, 0) is 7.05 Å². The number of likely N-dealkylation sites (tertiary alicyclic amines) is 1. The van der Waals surface area contributed by atoms with Crippen LogP contribution in [0.25, 0.3) is 22.3 Å². The molecule has 1 fully saturated rings. The van der Waals surface area contributed by atoms with Gasteiger partial charge in [-0.05, 0) is 50.7 Å². The van der Waals surface area contributed by atoms with Gasteiger partial charge in [-0.1, -0.05) is 29.6 Å². The van der Waals surface area contributed by atoms with Crippen molar-refractivity contribution in [3.63, 3.8) is 0 Å². The molecule has 2 atom stereocenters. The maximum Gasteiger partial charge on any atom is 0.296 e. The van der Waals surface area contributed by atoms with Gasteiger partial charge in [-0.3, -0.25) is 18.9 Å². The van der Waals surface area contributed by atoms with Crippen molar-refractivity contribution in [2.45, 2.75) is 38.3 Å². The molecular weight excluding hydrogens is 612 g/mol. The quantitative estimate of drug-likeness (QED) is 0.196. The highest BCUT2D eigenvalue weighted by molar-refractivity contribution is 7.97. The second kappa shape index (κ2) is 12.7. The molecule has 0 aliphatic carbocycles. The third kappa shape index (κ3) is 6.49. The lowest BCUT2D eigenvalue weighted by molar-refractivity contribution is -0.136. The fourth-order valence-electron chi connectivity index (χ4n) is 5.28. The van der Waals surface area contributed by atoms with Crippen molar-refractivity contribution in [2.75, 3.05) is 31.7 Å². The molecule has 44 heavy (non-hydrogen) atoms. The number of rotatable bonds is 8. The third-order valence-corrected chi connectivity index (χ3v) is 8.05. The Morgan fingerprint density at radius 3 is 2.66 bits per heavy atom. The van der Waals surface area contributed by atoms with E-state index in [1.807, 2.05) is 19.9 Å². The Bertz CT molecular complexity index is 1770. The summed E-state index contributed by atoms with van der Waals surface area (Å²) in [6.07, 6.45) is 2.09. The number of fused-ring (bicyclic) bond motifs is 1. The van der Waals surface area contributed by atoms with Crippen molar-refractivity contribution >= 4 is 46.0 Å². The molecule has 1 aliphatic heterocycles. The molecule has 4 heterocycles. The van der Waals surface area contributed by atoms with Crippen LogP contribution < -0.4 is 20.3 Å². The van der Waals surface area contributed by atoms with Crippen molar-refractivity contribution in [3.8, 4) is 17.3 Å². The number of pyridine rings is 2. The Balaban J connectivity index is 1.49. The van der Waals surface area contributed by atoms with Gasteiger partial charge in [-0.25, -0.2) is 23.7 Å². The molecule has 1 saturated heterocycles. The zero-order valence-corrected chi connectivity index (χ0v) is 26.4. The molecular formula is C30H32ClF2N7O3S. The van der Waals surface area contributed by atoms with E-state index in [1.54, 1.807) is 49.5 Å². The van der Waals surface area contributed by atoms with E-state index in [9.17, 15) is 18.4 Å². The number of alkyl halides is 2. The number of hydrogen-bond acceptors (Lipinski definition) is 9. The van der Waals surface area contributed by atoms with Gasteiger partial charge >= 0.3 is 0 Å². The second-order valence-electron chi connectivity index (χ2n) is 10.9. The van der Waals surface area contributed by atoms with E-state index in [0.717, 1.165) is 23.1 Å². The molecule has 4 aromatic rings. The average molecular weight is 644 g/mol. The molecule has 2 unspecified atom stereocenters. The molecule has 14 heteroatoms. The summed E-state index contributed by atoms with van der Waals surface area (Å²) in [5.74, 6) is -2.99. The maximum absolute atomic E-state index is 14.5. The number of halogens is 3. The lowest BCUT2D eigenvalue weighted by atomic mass is 10.0. The van der Waals surface area contributed by atoms with Gasteiger partial charge in [0.05, 0.1) is 29.2 Å². The van der Waals surface area contributed by atoms with E-state index in [2.05, 4.69) is 20.0 Å². The van der Waals surface area contributed by atoms with E-state index < -0.39 is 24.0 Å². The van der Waals surface area contributed by atoms with Crippen molar-refractivity contribution in [1.29, 1.82) is 0 Å². The minimum atomic E-state index is -3.00. The molecule has 1 aliphatic rings. The number of hydrogen-bond donors (Lipinski definition) is 2. The zero-order valence-electron chi connectivity index (χ0n) is 24.8. The van der Waals surface area contributed by atoms with Gasteiger partial charge in [0.25, 0.3) is 17.4 Å². The predicted octanol–water partition coefficient (Wildman–Crippen LogP) is 5.25. The Hall–Kier alpha value is -3.81. The lowest BCUT2D eigenvalue weighted by Crippen LogP contribution is -2.52. The largest absolute Gasteiger partial charge is 0.468 e. The minimum absolute atomic E-state index is 0.0702. The zero-order chi connectivity index (χ0) is 31.8. The van der Waals surface area contributed by atoms with Crippen LogP contribution in [0, 0.1) is 6.92 Å². The maximum atomic E-state index is 14.5. The van der Waals surface area contributed by atoms with E-state index in [0.29, 0.717) is 34.5 Å². The first kappa shape index (κ1) is 31.6. The summed E-state index contributed by atoms with van der Waals surface area (Å²) >= 11 is 7.22. The number of aromatic nitrogens is 4. The number of benzene rings is 1. The van der Waals surface area contributed by atoms with Gasteiger partial charge in [-0.2, -0.15) is 0 Å². The Morgan fingerprint density at radius 2 is 1.98 bits per heavy atom. The summed E-state index contributed by atoms with van der Waals surface area (Å²) in [5, 5.41) is 3.93. The number of carbonyl (C=O) groups excluding carboxylic acids is 1. The molecule has 2 N–H and O–H groups in total. The van der Waals surface area contributed by atoms with E-state index in [-0.39, 0.29) is 35.3 Å². The summed E-state index contributed by atoms with van der Waals surface area (Å²) in [6, 6.07) is 9.72. The standard InChI is InChI=1S/C30H32ClF2N7O3S/c1-16-12-19(17(2)35-21-7-8-23(31)36-26(21)28(41)38-44-5)25-20(13-16)29(42)40(4)27(37-25)18-6-9-24(34-14-18)43-22-10-11-39(3)15-30(22,32)33/h6-9,12-14,17,22,35H,10-11,15H2,1-5H3,(H,38,41). The highest BCUT2D eigenvalue weighted by atomic mass is 35.5. The van der Waals surface area contributed by atoms with Crippen LogP contribution >= 0.6 is 23.5 Å². The number of nitrogens with one attached hydrogen (secondary N) is 2. The Labute approximate surface area is 262 Å². The smallest absolute Gasteiger partial charge is 0.296 e. The Kier molecular flexibility index (Phi) is 9.10. The topological polar surface area (TPSA) is 114 Å². The van der Waals surface area contributed by atoms with Crippen molar-refractivity contribution in [3.05, 3.63) is 74.9 Å². The lowest BCUT2D eigenvalue weighted by Gasteiger charge is -2.36. The van der Waals surface area contributed by atoms with Crippen LogP contribution in [0.1, 0.15) is 41.0 Å². The summed E-state index contributed by atoms with van der Waals surface area (Å²) < 4.78 is 38.7. The molecule has 3 aromatic heterocycles. The van der Waals surface area contributed by atoms with Crippen LogP contribution in [0.5, 0.6) is 5.88 Å². The van der Waals surface area contributed by atoms with Gasteiger partial charge in [-0.15, -0.1) is 0 Å². The Morgan fingerprint density at radius 1 is 1.20 bits per heavy atom. The number of piperidine rings is 1. The van der Waals surface area contributed by atoms with Crippen LogP contribution in [0.2, 0.25) is 5.15 Å². The molecule has 10 nitrogen and oxygen atoms in total. The number of amides is 1. The van der Waals surface area contributed by atoms with Crippen LogP contribution in [0.3, 0.4) is 0 Å². The normalized spacial score (nSPS) is 17.3. The van der Waals surface area contributed by atoms with E-state index in [1.165, 1.54) is 16.8 Å². The number of ether oxygens (including phenoxy) is 1. The first-order chi connectivity index (χ1) is 20.9. The van der Waals surface area contributed by atoms with E-state index in [4.69, 9.17) is 21.3 Å². The highest BCUT2D eigenvalue weighted by Crippen LogP contribution is 2.32. The van der Waals surface area contributed by atoms with Gasteiger partial charge in [0.2, 0.25) is 5.88 Å². The SMILES string of the molecule is CSNC(=O)c1nc(Cl)ccc1NC(C)c1cc(C)cc2c(=O)n(C)c(-c3ccc(OC4CCN(C)CC4(F)F)nc3)nc12. The molecule has 0 radical (unpaired) electrons. The third-order valence-electron chi connectivity index (χ3n) is 7.45. The van der Waals surface area contributed by atoms with Crippen LogP contribution in [0.4, 0.5) is 14.5 Å². The molecule has 1 aromatic carbocycles. The summed E-state index contributed by atoms with van der Waals surface area (Å²) in [5.41, 5.74) is 2.89. The molecule has 232 valence electrons.